The Bertz CT molecular complexity index is 140. The Morgan fingerprint density at radius 1 is 1.75 bits per heavy atom. The molecule has 1 unspecified atom stereocenters. The van der Waals surface area contributed by atoms with Crippen molar-refractivity contribution in [1.29, 1.82) is 4.78 Å². The summed E-state index contributed by atoms with van der Waals surface area (Å²) < 4.78 is 17.5. The summed E-state index contributed by atoms with van der Waals surface area (Å²) in [6, 6.07) is 0. The quantitative estimate of drug-likeness (QED) is 0.614. The van der Waals surface area contributed by atoms with Crippen molar-refractivity contribution in [2.24, 2.45) is 0 Å². The highest BCUT2D eigenvalue weighted by Crippen LogP contribution is 1.90. The van der Waals surface area contributed by atoms with E-state index in [-0.39, 0.29) is 0 Å². The van der Waals surface area contributed by atoms with Gasteiger partial charge in [-0.15, -0.1) is 11.6 Å². The molecule has 0 aromatic carbocycles. The van der Waals surface area contributed by atoms with Gasteiger partial charge in [-0.3, -0.25) is 8.99 Å². The summed E-state index contributed by atoms with van der Waals surface area (Å²) in [5.74, 6) is 0.931. The summed E-state index contributed by atoms with van der Waals surface area (Å²) in [6.07, 6.45) is 2.11. The van der Waals surface area contributed by atoms with Crippen LogP contribution in [0.15, 0.2) is 0 Å². The van der Waals surface area contributed by atoms with E-state index in [1.807, 2.05) is 0 Å². The van der Waals surface area contributed by atoms with Crippen molar-refractivity contribution in [2.75, 3.05) is 17.9 Å². The molecule has 0 saturated carbocycles. The zero-order valence-electron chi connectivity index (χ0n) is 4.82. The first-order valence-electron chi connectivity index (χ1n) is 2.33. The first kappa shape index (κ1) is 8.24. The van der Waals surface area contributed by atoms with Crippen molar-refractivity contribution >= 4 is 21.3 Å². The molecule has 0 aliphatic carbocycles. The standard InChI is InChI=1S/C4H10ClNOS/c1-8(6,7)4-2-3-5/h6H,2-4H2,1H3. The molecule has 4 heteroatoms. The highest BCUT2D eigenvalue weighted by molar-refractivity contribution is 7.91. The van der Waals surface area contributed by atoms with Crippen LogP contribution in [0.5, 0.6) is 0 Å². The van der Waals surface area contributed by atoms with E-state index in [9.17, 15) is 4.21 Å². The number of hydrogen-bond acceptors (Lipinski definition) is 2. The molecule has 0 aromatic rings. The lowest BCUT2D eigenvalue weighted by Gasteiger charge is -1.94. The Labute approximate surface area is 55.2 Å². The van der Waals surface area contributed by atoms with Crippen LogP contribution in [0.3, 0.4) is 0 Å². The third-order valence-electron chi connectivity index (χ3n) is 0.667. The van der Waals surface area contributed by atoms with Gasteiger partial charge < -0.3 is 0 Å². The van der Waals surface area contributed by atoms with E-state index in [1.165, 1.54) is 6.26 Å². The minimum absolute atomic E-state index is 0.427. The molecular weight excluding hydrogens is 146 g/mol. The van der Waals surface area contributed by atoms with Gasteiger partial charge in [0.2, 0.25) is 0 Å². The lowest BCUT2D eigenvalue weighted by molar-refractivity contribution is 0.677. The van der Waals surface area contributed by atoms with Gasteiger partial charge in [-0.05, 0) is 6.42 Å². The second kappa shape index (κ2) is 3.30. The largest absolute Gasteiger partial charge is 0.253 e. The fourth-order valence-electron chi connectivity index (χ4n) is 0.330. The second-order valence-electron chi connectivity index (χ2n) is 1.75. The molecule has 50 valence electrons. The number of alkyl halides is 1. The Morgan fingerprint density at radius 3 is 2.38 bits per heavy atom. The van der Waals surface area contributed by atoms with Gasteiger partial charge in [0.15, 0.2) is 0 Å². The van der Waals surface area contributed by atoms with E-state index in [4.69, 9.17) is 16.4 Å². The summed E-state index contributed by atoms with van der Waals surface area (Å²) in [4.78, 5) is 0. The fourth-order valence-corrected chi connectivity index (χ4v) is 1.32. The predicted octanol–water partition coefficient (Wildman–Crippen LogP) is 1.29. The molecular formula is C4H10ClNOS. The van der Waals surface area contributed by atoms with Crippen LogP contribution in [0.25, 0.3) is 0 Å². The van der Waals surface area contributed by atoms with Gasteiger partial charge in [0.1, 0.15) is 0 Å². The molecule has 1 atom stereocenters. The van der Waals surface area contributed by atoms with E-state index in [0.717, 1.165) is 0 Å². The number of nitrogens with one attached hydrogen (secondary N) is 1. The molecule has 0 fully saturated rings. The number of hydrogen-bond donors (Lipinski definition) is 1. The van der Waals surface area contributed by atoms with Crippen LogP contribution >= 0.6 is 11.6 Å². The molecule has 0 spiro atoms. The van der Waals surface area contributed by atoms with Gasteiger partial charge in [-0.25, -0.2) is 0 Å². The van der Waals surface area contributed by atoms with Gasteiger partial charge in [0.25, 0.3) is 0 Å². The maximum absolute atomic E-state index is 10.6. The summed E-state index contributed by atoms with van der Waals surface area (Å²) in [6.45, 7) is 0. The van der Waals surface area contributed by atoms with E-state index in [1.54, 1.807) is 0 Å². The highest BCUT2D eigenvalue weighted by atomic mass is 35.5. The van der Waals surface area contributed by atoms with Crippen LogP contribution in [-0.4, -0.2) is 22.1 Å². The van der Waals surface area contributed by atoms with E-state index in [0.29, 0.717) is 18.1 Å². The zero-order chi connectivity index (χ0) is 6.62. The maximum Gasteiger partial charge on any atom is 0.0412 e. The Morgan fingerprint density at radius 2 is 2.25 bits per heavy atom. The third kappa shape index (κ3) is 6.24. The normalized spacial score (nSPS) is 17.8. The highest BCUT2D eigenvalue weighted by Gasteiger charge is 1.93. The molecule has 0 heterocycles. The topological polar surface area (TPSA) is 40.9 Å². The lowest BCUT2D eigenvalue weighted by atomic mass is 10.6. The van der Waals surface area contributed by atoms with Crippen molar-refractivity contribution in [3.63, 3.8) is 0 Å². The average molecular weight is 156 g/mol. The van der Waals surface area contributed by atoms with Crippen molar-refractivity contribution in [1.82, 2.24) is 0 Å². The molecule has 0 aliphatic heterocycles. The Balaban J connectivity index is 3.42. The van der Waals surface area contributed by atoms with Crippen LogP contribution in [0.1, 0.15) is 6.42 Å². The average Bonchev–Trinajstić information content (AvgIpc) is 1.59. The molecule has 0 aliphatic rings. The summed E-state index contributed by atoms with van der Waals surface area (Å²) in [5, 5.41) is 0. The van der Waals surface area contributed by atoms with Gasteiger partial charge in [-0.2, -0.15) is 0 Å². The fraction of sp³-hybridized carbons (Fsp3) is 1.00. The van der Waals surface area contributed by atoms with Crippen molar-refractivity contribution in [3.05, 3.63) is 0 Å². The molecule has 1 N–H and O–H groups in total. The minimum atomic E-state index is -2.27. The summed E-state index contributed by atoms with van der Waals surface area (Å²) in [7, 11) is -2.27. The monoisotopic (exact) mass is 155 g/mol. The second-order valence-corrected chi connectivity index (χ2v) is 4.55. The molecule has 0 radical (unpaired) electrons. The van der Waals surface area contributed by atoms with E-state index < -0.39 is 9.73 Å². The van der Waals surface area contributed by atoms with Gasteiger partial charge in [0.05, 0.1) is 0 Å². The third-order valence-corrected chi connectivity index (χ3v) is 2.00. The first-order valence-corrected chi connectivity index (χ1v) is 5.00. The summed E-state index contributed by atoms with van der Waals surface area (Å²) in [5.41, 5.74) is 0. The summed E-state index contributed by atoms with van der Waals surface area (Å²) >= 11 is 5.30. The predicted molar refractivity (Wildman–Crippen MR) is 37.0 cm³/mol. The van der Waals surface area contributed by atoms with Crippen LogP contribution < -0.4 is 0 Å². The smallest absolute Gasteiger partial charge is 0.0412 e. The zero-order valence-corrected chi connectivity index (χ0v) is 6.39. The van der Waals surface area contributed by atoms with Crippen LogP contribution in [0.2, 0.25) is 0 Å². The van der Waals surface area contributed by atoms with Gasteiger partial charge >= 0.3 is 0 Å². The van der Waals surface area contributed by atoms with Crippen molar-refractivity contribution in [3.8, 4) is 0 Å². The molecule has 0 saturated heterocycles. The van der Waals surface area contributed by atoms with Crippen molar-refractivity contribution in [2.45, 2.75) is 6.42 Å². The van der Waals surface area contributed by atoms with Gasteiger partial charge in [-0.1, -0.05) is 0 Å². The lowest BCUT2D eigenvalue weighted by Crippen LogP contribution is -2.00. The minimum Gasteiger partial charge on any atom is -0.253 e. The Hall–Kier alpha value is 0.240. The van der Waals surface area contributed by atoms with Crippen LogP contribution in [0, 0.1) is 4.78 Å². The van der Waals surface area contributed by atoms with E-state index in [2.05, 4.69) is 0 Å². The molecule has 8 heavy (non-hydrogen) atoms. The molecule has 0 aromatic heterocycles. The number of halogens is 1. The van der Waals surface area contributed by atoms with Crippen LogP contribution in [-0.2, 0) is 9.73 Å². The number of rotatable bonds is 3. The van der Waals surface area contributed by atoms with Crippen molar-refractivity contribution < 1.29 is 4.21 Å². The Kier molecular flexibility index (Phi) is 3.40. The molecule has 0 bridgehead atoms. The van der Waals surface area contributed by atoms with Gasteiger partial charge in [0, 0.05) is 27.6 Å². The molecule has 0 amide bonds. The first-order chi connectivity index (χ1) is 3.56. The maximum atomic E-state index is 10.6. The van der Waals surface area contributed by atoms with Crippen LogP contribution in [0.4, 0.5) is 0 Å². The molecule has 2 nitrogen and oxygen atoms in total. The molecule has 0 rings (SSSR count). The van der Waals surface area contributed by atoms with E-state index >= 15 is 0 Å². The SMILES string of the molecule is CS(=N)(=O)CCCCl.